The van der Waals surface area contributed by atoms with Crippen molar-refractivity contribution in [2.75, 3.05) is 0 Å². The molecule has 0 aromatic rings. The van der Waals surface area contributed by atoms with Crippen LogP contribution in [0, 0.1) is 55.8 Å². The summed E-state index contributed by atoms with van der Waals surface area (Å²) >= 11 is 0. The van der Waals surface area contributed by atoms with E-state index in [-0.39, 0.29) is 61.3 Å². The molecule has 0 aromatic heterocycles. The van der Waals surface area contributed by atoms with Crippen molar-refractivity contribution in [1.29, 1.82) is 0 Å². The van der Waals surface area contributed by atoms with Gasteiger partial charge < -0.3 is 36.2 Å². The molecule has 0 saturated carbocycles. The molecule has 0 rings (SSSR count). The molecule has 0 amide bonds. The largest absolute Gasteiger partial charge is 1.00 e. The Morgan fingerprint density at radius 2 is 0.500 bits per heavy atom. The van der Waals surface area contributed by atoms with Crippen LogP contribution in [0.3, 0.4) is 0 Å². The van der Waals surface area contributed by atoms with Gasteiger partial charge >= 0.3 is 51.4 Å². The second-order valence-corrected chi connectivity index (χ2v) is 1.17. The quantitative estimate of drug-likeness (QED) is 0.131. The van der Waals surface area contributed by atoms with Crippen LogP contribution in [0.1, 0.15) is 0 Å². The van der Waals surface area contributed by atoms with Crippen LogP contribution in [0.5, 0.6) is 0 Å². The van der Waals surface area contributed by atoms with Gasteiger partial charge in [-0.15, -0.1) is 40.5 Å². The number of nitrogens with zero attached hydrogens (tertiary/aromatic N) is 5. The van der Waals surface area contributed by atoms with Crippen molar-refractivity contribution in [2.45, 2.75) is 0 Å². The van der Waals surface area contributed by atoms with Crippen molar-refractivity contribution >= 4 is 9.90 Å². The van der Waals surface area contributed by atoms with Gasteiger partial charge in [-0.1, -0.05) is 0 Å². The normalized spacial score (nSPS) is 5.45. The van der Waals surface area contributed by atoms with Crippen molar-refractivity contribution in [2.24, 2.45) is 0 Å². The van der Waals surface area contributed by atoms with E-state index in [2.05, 4.69) is 0 Å². The summed E-state index contributed by atoms with van der Waals surface area (Å²) in [5.74, 6) is 0. The standard InChI is InChI=1S/K.4HNO3.NO3.H3P/c;5*2-1(3)4;/h;4*(H,2,3,4);;1H3/q+1;;;;;-1;. The average molecular weight is 387 g/mol. The Kier molecular flexibility index (Phi) is 70.8. The van der Waals surface area contributed by atoms with E-state index in [0.29, 0.717) is 0 Å². The van der Waals surface area contributed by atoms with E-state index < -0.39 is 25.4 Å². The van der Waals surface area contributed by atoms with Gasteiger partial charge in [0.2, 0.25) is 0 Å². The van der Waals surface area contributed by atoms with Crippen molar-refractivity contribution in [3.05, 3.63) is 55.8 Å². The van der Waals surface area contributed by atoms with Crippen molar-refractivity contribution in [3.63, 3.8) is 0 Å². The van der Waals surface area contributed by atoms with E-state index in [1.165, 1.54) is 0 Å². The van der Waals surface area contributed by atoms with Crippen LogP contribution < -0.4 is 51.4 Å². The van der Waals surface area contributed by atoms with Gasteiger partial charge in [0.05, 0.1) is 5.09 Å². The van der Waals surface area contributed by atoms with Crippen LogP contribution in [-0.2, 0) is 0 Å². The van der Waals surface area contributed by atoms with Crippen molar-refractivity contribution in [1.82, 2.24) is 0 Å². The SMILES string of the molecule is O=[N+]([O-])O.O=[N+]([O-])O.O=[N+]([O-])O.O=[N+]([O-])O.O=[N+]([O-])[O-].P.[K+]. The molecule has 1 atom stereocenters. The van der Waals surface area contributed by atoms with Crippen LogP contribution in [0.25, 0.3) is 0 Å². The van der Waals surface area contributed by atoms with Crippen LogP contribution in [0.2, 0.25) is 0 Å². The molecule has 1 unspecified atom stereocenters. The molecule has 0 saturated heterocycles. The fourth-order valence-electron chi connectivity index (χ4n) is 0. The zero-order chi connectivity index (χ0) is 17.9. The first-order chi connectivity index (χ1) is 8.66. The summed E-state index contributed by atoms with van der Waals surface area (Å²) in [5.41, 5.74) is 0. The van der Waals surface area contributed by atoms with Crippen LogP contribution in [0.4, 0.5) is 0 Å². The van der Waals surface area contributed by atoms with E-state index in [0.717, 1.165) is 0 Å². The maximum Gasteiger partial charge on any atom is 1.00 e. The Bertz CT molecular complexity index is 213. The summed E-state index contributed by atoms with van der Waals surface area (Å²) < 4.78 is 0. The Morgan fingerprint density at radius 3 is 0.500 bits per heavy atom. The van der Waals surface area contributed by atoms with E-state index in [1.807, 2.05) is 0 Å². The second kappa shape index (κ2) is 36.5. The van der Waals surface area contributed by atoms with Crippen molar-refractivity contribution < 1.29 is 97.6 Å². The molecule has 0 radical (unpaired) electrons. The van der Waals surface area contributed by atoms with Crippen LogP contribution >= 0.6 is 9.90 Å². The number of rotatable bonds is 0. The molecule has 0 heterocycles. The van der Waals surface area contributed by atoms with Gasteiger partial charge in [0.15, 0.2) is 0 Å². The zero-order valence-corrected chi connectivity index (χ0v) is 14.8. The van der Waals surface area contributed by atoms with Gasteiger partial charge in [-0.05, 0) is 0 Å². The Labute approximate surface area is 162 Å². The summed E-state index contributed by atoms with van der Waals surface area (Å²) in [6, 6.07) is 0. The molecule has 22 heteroatoms. The Morgan fingerprint density at radius 1 is 0.500 bits per heavy atom. The molecule has 0 aromatic carbocycles. The average Bonchev–Trinajstić information content (AvgIpc) is 1.94. The van der Waals surface area contributed by atoms with E-state index >= 15 is 0 Å². The molecule has 20 nitrogen and oxygen atoms in total. The van der Waals surface area contributed by atoms with Gasteiger partial charge in [0, 0.05) is 0 Å². The smallest absolute Gasteiger partial charge is 0.356 e. The maximum atomic E-state index is 8.36. The molecular formula is H7KN5O15P. The molecule has 0 aliphatic carbocycles. The van der Waals surface area contributed by atoms with E-state index in [1.54, 1.807) is 0 Å². The Balaban J connectivity index is -0.0000000250. The first-order valence-electron chi connectivity index (χ1n) is 2.81. The molecule has 0 spiro atoms. The van der Waals surface area contributed by atoms with E-state index in [4.69, 9.17) is 76.6 Å². The maximum absolute atomic E-state index is 8.36. The fraction of sp³-hybridized carbons (Fsp3) is 0. The summed E-state index contributed by atoms with van der Waals surface area (Å²) in [7, 11) is 0. The van der Waals surface area contributed by atoms with Crippen molar-refractivity contribution in [3.8, 4) is 0 Å². The molecule has 4 N–H and O–H groups in total. The van der Waals surface area contributed by atoms with Gasteiger partial charge in [0.1, 0.15) is 0 Å². The molecule has 0 fully saturated rings. The van der Waals surface area contributed by atoms with Gasteiger partial charge in [0.25, 0.3) is 20.3 Å². The topological polar surface area (TPSA) is 320 Å². The first kappa shape index (κ1) is 42.7. The fourth-order valence-corrected chi connectivity index (χ4v) is 0. The molecule has 0 aliphatic heterocycles. The minimum atomic E-state index is -1.75. The third kappa shape index (κ3) is 1410. The minimum Gasteiger partial charge on any atom is -0.356 e. The number of hydrogen-bond donors (Lipinski definition) is 4. The summed E-state index contributed by atoms with van der Waals surface area (Å²) in [4.78, 5) is 41.7. The van der Waals surface area contributed by atoms with Gasteiger partial charge in [-0.25, -0.2) is 0 Å². The zero-order valence-electron chi connectivity index (χ0n) is 10.2. The minimum absolute atomic E-state index is 0. The van der Waals surface area contributed by atoms with E-state index in [9.17, 15) is 0 Å². The monoisotopic (exact) mass is 387 g/mol. The molecular weight excluding hydrogens is 380 g/mol. The molecule has 0 bridgehead atoms. The second-order valence-electron chi connectivity index (χ2n) is 1.17. The summed E-state index contributed by atoms with van der Waals surface area (Å²) in [6.45, 7) is 0. The van der Waals surface area contributed by atoms with Crippen LogP contribution in [-0.4, -0.2) is 46.3 Å². The number of hydrogen-bond acceptors (Lipinski definition) is 11. The van der Waals surface area contributed by atoms with Gasteiger partial charge in [-0.2, -0.15) is 9.90 Å². The summed E-state index contributed by atoms with van der Waals surface area (Å²) in [5, 5.41) is 69.3. The first-order valence-corrected chi connectivity index (χ1v) is 2.81. The molecule has 0 aliphatic rings. The molecule has 22 heavy (non-hydrogen) atoms. The molecule has 128 valence electrons. The van der Waals surface area contributed by atoms with Gasteiger partial charge in [-0.3, -0.25) is 0 Å². The third-order valence-corrected chi connectivity index (χ3v) is 0. The third-order valence-electron chi connectivity index (χ3n) is 0. The Hall–Kier alpha value is -1.93. The van der Waals surface area contributed by atoms with Crippen LogP contribution in [0.15, 0.2) is 0 Å². The predicted molar refractivity (Wildman–Crippen MR) is 56.6 cm³/mol. The predicted octanol–water partition coefficient (Wildman–Crippen LogP) is -4.57. The summed E-state index contributed by atoms with van der Waals surface area (Å²) in [6.07, 6.45) is 0.